The van der Waals surface area contributed by atoms with Crippen LogP contribution in [-0.4, -0.2) is 6.71 Å². The van der Waals surface area contributed by atoms with Crippen molar-refractivity contribution >= 4 is 95.0 Å². The van der Waals surface area contributed by atoms with Crippen LogP contribution in [0.2, 0.25) is 0 Å². The van der Waals surface area contributed by atoms with E-state index in [1.807, 2.05) is 0 Å². The van der Waals surface area contributed by atoms with Gasteiger partial charge in [0.15, 0.2) is 11.5 Å². The van der Waals surface area contributed by atoms with Crippen molar-refractivity contribution in [2.75, 3.05) is 14.7 Å². The molecule has 0 N–H and O–H groups in total. The lowest BCUT2D eigenvalue weighted by atomic mass is 9.35. The highest BCUT2D eigenvalue weighted by atomic mass is 32.1. The van der Waals surface area contributed by atoms with Gasteiger partial charge in [0.05, 0.1) is 22.7 Å². The molecule has 7 aromatic carbocycles. The van der Waals surface area contributed by atoms with Crippen molar-refractivity contribution in [2.45, 2.75) is 206 Å². The fourth-order valence-electron chi connectivity index (χ4n) is 15.6. The quantitative estimate of drug-likeness (QED) is 0.164. The van der Waals surface area contributed by atoms with Gasteiger partial charge in [-0.3, -0.25) is 0 Å². The monoisotopic (exact) mass is 1100 g/mol. The van der Waals surface area contributed by atoms with Gasteiger partial charge in [-0.1, -0.05) is 167 Å². The molecule has 0 saturated carbocycles. The number of anilines is 9. The zero-order chi connectivity index (χ0) is 58.0. The predicted octanol–water partition coefficient (Wildman–Crippen LogP) is 20.2. The summed E-state index contributed by atoms with van der Waals surface area (Å²) < 4.78 is 9.66. The molecule has 14 rings (SSSR count). The molecule has 0 spiro atoms. The van der Waals surface area contributed by atoms with Gasteiger partial charge >= 0.3 is 0 Å². The maximum Gasteiger partial charge on any atom is 0.264 e. The molecule has 3 aliphatic carbocycles. The zero-order valence-corrected chi connectivity index (χ0v) is 53.3. The van der Waals surface area contributed by atoms with Crippen LogP contribution in [0.4, 0.5) is 51.2 Å². The Morgan fingerprint density at radius 2 is 0.841 bits per heavy atom. The van der Waals surface area contributed by atoms with Gasteiger partial charge < -0.3 is 19.4 Å². The van der Waals surface area contributed by atoms with Crippen LogP contribution < -0.4 is 35.1 Å². The van der Waals surface area contributed by atoms with Gasteiger partial charge in [0.1, 0.15) is 0 Å². The van der Waals surface area contributed by atoms with Crippen molar-refractivity contribution in [1.29, 1.82) is 0 Å². The van der Waals surface area contributed by atoms with E-state index in [0.29, 0.717) is 0 Å². The normalized spacial score (nSPS) is 19.9. The number of thiophene rings is 1. The number of rotatable bonds is 3. The summed E-state index contributed by atoms with van der Waals surface area (Å²) in [5.41, 5.74) is 25.2. The average Bonchev–Trinajstić information content (AvgIpc) is 1.35. The minimum atomic E-state index is -0.0958. The molecule has 0 saturated heterocycles. The van der Waals surface area contributed by atoms with E-state index in [-0.39, 0.29) is 50.0 Å². The molecule has 0 unspecified atom stereocenters. The van der Waals surface area contributed by atoms with Crippen molar-refractivity contribution in [3.63, 3.8) is 0 Å². The van der Waals surface area contributed by atoms with Crippen LogP contribution in [0.5, 0.6) is 11.5 Å². The highest BCUT2D eigenvalue weighted by Gasteiger charge is 2.50. The van der Waals surface area contributed by atoms with Crippen molar-refractivity contribution in [3.05, 3.63) is 166 Å². The Morgan fingerprint density at radius 1 is 0.402 bits per heavy atom. The second-order valence-electron chi connectivity index (χ2n) is 31.8. The van der Waals surface area contributed by atoms with Gasteiger partial charge in [-0.15, -0.1) is 11.3 Å². The number of ether oxygens (including phenoxy) is 1. The molecule has 4 heterocycles. The molecule has 0 radical (unpaired) electrons. The summed E-state index contributed by atoms with van der Waals surface area (Å²) in [5.74, 6) is 1.71. The van der Waals surface area contributed by atoms with Gasteiger partial charge in [-0.05, 0) is 216 Å². The molecule has 0 amide bonds. The second kappa shape index (κ2) is 17.2. The third-order valence-corrected chi connectivity index (χ3v) is 22.5. The Kier molecular flexibility index (Phi) is 11.3. The predicted molar refractivity (Wildman–Crippen MR) is 354 cm³/mol. The zero-order valence-electron chi connectivity index (χ0n) is 52.5. The maximum absolute atomic E-state index is 6.82. The van der Waals surface area contributed by atoms with E-state index in [9.17, 15) is 0 Å². The van der Waals surface area contributed by atoms with E-state index in [2.05, 4.69) is 272 Å². The molecule has 6 aliphatic rings. The lowest BCUT2D eigenvalue weighted by Gasteiger charge is -2.48. The molecule has 1 aromatic heterocycles. The first-order valence-electron chi connectivity index (χ1n) is 30.9. The van der Waals surface area contributed by atoms with Gasteiger partial charge in [0.25, 0.3) is 6.71 Å². The van der Waals surface area contributed by atoms with E-state index >= 15 is 0 Å². The fourth-order valence-corrected chi connectivity index (χ4v) is 16.9. The summed E-state index contributed by atoms with van der Waals surface area (Å²) in [4.78, 5) is 8.02. The maximum atomic E-state index is 6.82. The first-order valence-corrected chi connectivity index (χ1v) is 31.7. The second-order valence-corrected chi connectivity index (χ2v) is 32.9. The molecule has 0 fully saturated rings. The minimum absolute atomic E-state index is 0.00394. The first kappa shape index (κ1) is 53.8. The van der Waals surface area contributed by atoms with Crippen LogP contribution in [-0.2, 0) is 43.3 Å². The first-order chi connectivity index (χ1) is 38.3. The Morgan fingerprint density at radius 3 is 1.38 bits per heavy atom. The Bertz CT molecular complexity index is 3960. The van der Waals surface area contributed by atoms with Crippen LogP contribution >= 0.6 is 11.3 Å². The van der Waals surface area contributed by atoms with Gasteiger partial charge in [-0.2, -0.15) is 0 Å². The summed E-state index contributed by atoms with van der Waals surface area (Å²) in [6, 6.07) is 48.4. The van der Waals surface area contributed by atoms with E-state index in [4.69, 9.17) is 4.74 Å². The molecular weight excluding hydrogens is 1010 g/mol. The summed E-state index contributed by atoms with van der Waals surface area (Å²) in [7, 11) is 0. The van der Waals surface area contributed by atoms with E-state index in [0.717, 1.165) is 47.8 Å². The molecule has 4 nitrogen and oxygen atoms in total. The molecule has 0 bridgehead atoms. The van der Waals surface area contributed by atoms with E-state index in [1.54, 1.807) is 0 Å². The fraction of sp³-hybridized carbons (Fsp3) is 0.421. The number of benzene rings is 7. The molecule has 6 heteroatoms. The smallest absolute Gasteiger partial charge is 0.264 e. The summed E-state index contributed by atoms with van der Waals surface area (Å²) >= 11 is 2.07. The minimum Gasteiger partial charge on any atom is -0.453 e. The van der Waals surface area contributed by atoms with Gasteiger partial charge in [0.2, 0.25) is 0 Å². The summed E-state index contributed by atoms with van der Waals surface area (Å²) in [6.07, 6.45) is 6.96. The highest BCUT2D eigenvalue weighted by molar-refractivity contribution is 7.33. The lowest BCUT2D eigenvalue weighted by Crippen LogP contribution is -2.61. The van der Waals surface area contributed by atoms with Crippen molar-refractivity contribution in [1.82, 2.24) is 0 Å². The molecule has 420 valence electrons. The molecular formula is C76H86BN3OS. The molecule has 82 heavy (non-hydrogen) atoms. The van der Waals surface area contributed by atoms with Crippen LogP contribution in [0.3, 0.4) is 0 Å². The standard InChI is InChI=1S/C76H86BN3OS/c1-69(2,3)45-35-46(70(4,5)6)37-48(36-45)79-60-43-55-54(74(13,14)32-33-75(55,15)16)42-57(60)77-66-61(79)39-49(78-58-23-19-21-25-63(58)81-64-26-22-20-24-59(64)78)40-62(66)80(47-27-28-51-52(38-47)72(9,10)30-29-71(51,7)8)67-50-41-53-56(44-65(50)82-68(67)77)76(17,18)34-31-73(53,11)12/h19-28,35-44H,29-34H2,1-18H3. The van der Waals surface area contributed by atoms with Crippen molar-refractivity contribution in [3.8, 4) is 11.5 Å². The Balaban J connectivity index is 1.18. The summed E-state index contributed by atoms with van der Waals surface area (Å²) in [6.45, 7) is 44.2. The van der Waals surface area contributed by atoms with Crippen LogP contribution in [0, 0.1) is 0 Å². The van der Waals surface area contributed by atoms with Crippen molar-refractivity contribution < 1.29 is 4.74 Å². The SMILES string of the molecule is CC(C)(C)c1cc(N2c3cc4c(cc3B3c5sc6cc7c(cc6c5N(c5ccc6c(c5)C(C)(C)CCC6(C)C)c5cc(N6c8ccccc8Oc8ccccc86)cc2c53)C(C)(C)CCC7(C)C)C(C)(C)CCC4(C)C)cc(C(C)(C)C)c1. The van der Waals surface area contributed by atoms with E-state index < -0.39 is 0 Å². The molecule has 0 atom stereocenters. The topological polar surface area (TPSA) is 19.0 Å². The Labute approximate surface area is 495 Å². The number of hydrogen-bond donors (Lipinski definition) is 0. The van der Waals surface area contributed by atoms with Crippen LogP contribution in [0.15, 0.2) is 121 Å². The number of para-hydroxylation sites is 4. The number of fused-ring (bicyclic) bond motifs is 11. The lowest BCUT2D eigenvalue weighted by molar-refractivity contribution is 0.332. The Hall–Kier alpha value is -6.24. The molecule has 3 aliphatic heterocycles. The summed E-state index contributed by atoms with van der Waals surface area (Å²) in [5, 5.41) is 1.37. The third kappa shape index (κ3) is 7.94. The van der Waals surface area contributed by atoms with E-state index in [1.165, 1.54) is 124 Å². The number of nitrogens with zero attached hydrogens (tertiary/aromatic N) is 3. The number of hydrogen-bond acceptors (Lipinski definition) is 5. The average molecular weight is 1100 g/mol. The molecule has 8 aromatic rings. The van der Waals surface area contributed by atoms with Gasteiger partial charge in [-0.25, -0.2) is 0 Å². The third-order valence-electron chi connectivity index (χ3n) is 21.3. The van der Waals surface area contributed by atoms with Crippen LogP contribution in [0.25, 0.3) is 10.1 Å². The van der Waals surface area contributed by atoms with Crippen LogP contribution in [0.1, 0.15) is 208 Å². The highest BCUT2D eigenvalue weighted by Crippen LogP contribution is 2.58. The van der Waals surface area contributed by atoms with Crippen molar-refractivity contribution in [2.24, 2.45) is 0 Å². The largest absolute Gasteiger partial charge is 0.453 e. The van der Waals surface area contributed by atoms with Gasteiger partial charge in [0, 0.05) is 43.3 Å².